The highest BCUT2D eigenvalue weighted by molar-refractivity contribution is 5.62. The number of pyridine rings is 1. The Morgan fingerprint density at radius 1 is 1.05 bits per heavy atom. The van der Waals surface area contributed by atoms with Crippen LogP contribution in [0, 0.1) is 11.3 Å². The van der Waals surface area contributed by atoms with E-state index in [0.29, 0.717) is 0 Å². The normalized spacial score (nSPS) is 18.9. The van der Waals surface area contributed by atoms with Crippen LogP contribution in [0.25, 0.3) is 0 Å². The number of aryl methyl sites for hydroxylation is 1. The zero-order valence-corrected chi connectivity index (χ0v) is 13.9. The summed E-state index contributed by atoms with van der Waals surface area (Å²) in [4.78, 5) is 9.73. The molecule has 1 saturated heterocycles. The number of hydrogen-bond donors (Lipinski definition) is 0. The number of hydrogen-bond acceptors (Lipinski definition) is 4. The number of nitriles is 1. The predicted octanol–water partition coefficient (Wildman–Crippen LogP) is 2.54. The van der Waals surface area contributed by atoms with Crippen LogP contribution in [0.4, 0.5) is 5.82 Å². The van der Waals surface area contributed by atoms with Gasteiger partial charge >= 0.3 is 0 Å². The minimum atomic E-state index is 0.858. The summed E-state index contributed by atoms with van der Waals surface area (Å²) in [5.41, 5.74) is 4.76. The van der Waals surface area contributed by atoms with E-state index >= 15 is 0 Å². The van der Waals surface area contributed by atoms with Gasteiger partial charge in [-0.2, -0.15) is 5.26 Å². The fourth-order valence-corrected chi connectivity index (χ4v) is 3.80. The highest BCUT2D eigenvalue weighted by Crippen LogP contribution is 2.32. The van der Waals surface area contributed by atoms with E-state index < -0.39 is 0 Å². The first-order valence-electron chi connectivity index (χ1n) is 8.70. The highest BCUT2D eigenvalue weighted by atomic mass is 15.3. The number of anilines is 1. The molecule has 1 aliphatic carbocycles. The molecule has 22 heavy (non-hydrogen) atoms. The third-order valence-corrected chi connectivity index (χ3v) is 5.15. The number of nitrogens with zero attached hydrogens (tertiary/aromatic N) is 4. The number of aromatic nitrogens is 1. The van der Waals surface area contributed by atoms with Gasteiger partial charge in [0.15, 0.2) is 0 Å². The Morgan fingerprint density at radius 2 is 1.73 bits per heavy atom. The van der Waals surface area contributed by atoms with Gasteiger partial charge in [-0.05, 0) is 49.8 Å². The van der Waals surface area contributed by atoms with Crippen molar-refractivity contribution in [1.82, 2.24) is 9.88 Å². The second-order valence-corrected chi connectivity index (χ2v) is 6.31. The molecule has 0 radical (unpaired) electrons. The maximum Gasteiger partial charge on any atom is 0.147 e. The SMILES string of the molecule is CCc1nc(N2CCN(CC)CC2)c(C#N)c2c1CCCC2. The first kappa shape index (κ1) is 15.3. The lowest BCUT2D eigenvalue weighted by molar-refractivity contribution is 0.270. The van der Waals surface area contributed by atoms with E-state index in [2.05, 4.69) is 29.7 Å². The molecule has 0 unspecified atom stereocenters. The second-order valence-electron chi connectivity index (χ2n) is 6.31. The molecular weight excluding hydrogens is 272 g/mol. The average Bonchev–Trinajstić information content (AvgIpc) is 2.60. The molecule has 0 saturated carbocycles. The van der Waals surface area contributed by atoms with Crippen LogP contribution in [0.3, 0.4) is 0 Å². The van der Waals surface area contributed by atoms with E-state index in [1.165, 1.54) is 29.7 Å². The Kier molecular flexibility index (Phi) is 4.63. The Bertz CT molecular complexity index is 580. The van der Waals surface area contributed by atoms with Crippen LogP contribution in [0.5, 0.6) is 0 Å². The molecule has 2 aliphatic rings. The maximum absolute atomic E-state index is 9.74. The molecule has 0 amide bonds. The minimum Gasteiger partial charge on any atom is -0.353 e. The largest absolute Gasteiger partial charge is 0.353 e. The minimum absolute atomic E-state index is 0.858. The quantitative estimate of drug-likeness (QED) is 0.860. The first-order chi connectivity index (χ1) is 10.8. The molecule has 0 aromatic carbocycles. The molecule has 4 heteroatoms. The lowest BCUT2D eigenvalue weighted by atomic mass is 9.87. The molecule has 2 heterocycles. The van der Waals surface area contributed by atoms with E-state index in [9.17, 15) is 5.26 Å². The topological polar surface area (TPSA) is 43.2 Å². The molecule has 3 rings (SSSR count). The van der Waals surface area contributed by atoms with Gasteiger partial charge in [0.25, 0.3) is 0 Å². The third-order valence-electron chi connectivity index (χ3n) is 5.15. The van der Waals surface area contributed by atoms with Crippen molar-refractivity contribution in [3.63, 3.8) is 0 Å². The summed E-state index contributed by atoms with van der Waals surface area (Å²) in [5, 5.41) is 9.74. The van der Waals surface area contributed by atoms with Crippen LogP contribution in [-0.2, 0) is 19.3 Å². The van der Waals surface area contributed by atoms with Crippen molar-refractivity contribution in [3.8, 4) is 6.07 Å². The Hall–Kier alpha value is -1.60. The zero-order chi connectivity index (χ0) is 15.5. The molecule has 0 bridgehead atoms. The van der Waals surface area contributed by atoms with E-state index in [0.717, 1.165) is 63.4 Å². The van der Waals surface area contributed by atoms with E-state index in [4.69, 9.17) is 4.98 Å². The zero-order valence-electron chi connectivity index (χ0n) is 13.9. The summed E-state index contributed by atoms with van der Waals surface area (Å²) >= 11 is 0. The summed E-state index contributed by atoms with van der Waals surface area (Å²) in [6.07, 6.45) is 5.56. The number of piperazine rings is 1. The second kappa shape index (κ2) is 6.66. The van der Waals surface area contributed by atoms with Crippen LogP contribution in [0.2, 0.25) is 0 Å². The van der Waals surface area contributed by atoms with E-state index in [1.54, 1.807) is 0 Å². The molecule has 0 N–H and O–H groups in total. The molecular formula is C18H26N4. The standard InChI is InChI=1S/C18H26N4/c1-3-17-15-8-6-5-7-14(15)16(13-19)18(20-17)22-11-9-21(4-2)10-12-22/h3-12H2,1-2H3. The van der Waals surface area contributed by atoms with Gasteiger partial charge in [0.05, 0.1) is 5.56 Å². The van der Waals surface area contributed by atoms with Crippen LogP contribution in [0.15, 0.2) is 0 Å². The van der Waals surface area contributed by atoms with Crippen LogP contribution >= 0.6 is 0 Å². The van der Waals surface area contributed by atoms with Gasteiger partial charge in [-0.3, -0.25) is 0 Å². The summed E-state index contributed by atoms with van der Waals surface area (Å²) in [6.45, 7) is 9.61. The molecule has 4 nitrogen and oxygen atoms in total. The third kappa shape index (κ3) is 2.70. The van der Waals surface area contributed by atoms with Crippen molar-refractivity contribution in [3.05, 3.63) is 22.4 Å². The van der Waals surface area contributed by atoms with Crippen molar-refractivity contribution < 1.29 is 0 Å². The molecule has 0 spiro atoms. The van der Waals surface area contributed by atoms with Crippen LogP contribution < -0.4 is 4.90 Å². The fraction of sp³-hybridized carbons (Fsp3) is 0.667. The average molecular weight is 298 g/mol. The molecule has 1 aromatic heterocycles. The number of fused-ring (bicyclic) bond motifs is 1. The van der Waals surface area contributed by atoms with Gasteiger partial charge in [0, 0.05) is 31.9 Å². The molecule has 1 aromatic rings. The Labute approximate surface area is 133 Å². The lowest BCUT2D eigenvalue weighted by Gasteiger charge is -2.36. The first-order valence-corrected chi connectivity index (χ1v) is 8.70. The number of rotatable bonds is 3. The van der Waals surface area contributed by atoms with E-state index in [-0.39, 0.29) is 0 Å². The molecule has 1 fully saturated rings. The van der Waals surface area contributed by atoms with Crippen LogP contribution in [-0.4, -0.2) is 42.6 Å². The van der Waals surface area contributed by atoms with Gasteiger partial charge in [-0.15, -0.1) is 0 Å². The van der Waals surface area contributed by atoms with E-state index in [1.807, 2.05) is 0 Å². The summed E-state index contributed by atoms with van der Waals surface area (Å²) in [6, 6.07) is 2.48. The Morgan fingerprint density at radius 3 is 2.32 bits per heavy atom. The van der Waals surface area contributed by atoms with Gasteiger partial charge in [-0.1, -0.05) is 13.8 Å². The van der Waals surface area contributed by atoms with Crippen molar-refractivity contribution >= 4 is 5.82 Å². The van der Waals surface area contributed by atoms with Crippen molar-refractivity contribution in [2.75, 3.05) is 37.6 Å². The van der Waals surface area contributed by atoms with Crippen LogP contribution in [0.1, 0.15) is 49.1 Å². The summed E-state index contributed by atoms with van der Waals surface area (Å²) in [5.74, 6) is 0.954. The van der Waals surface area contributed by atoms with Gasteiger partial charge in [0.2, 0.25) is 0 Å². The van der Waals surface area contributed by atoms with Gasteiger partial charge in [-0.25, -0.2) is 4.98 Å². The van der Waals surface area contributed by atoms with Gasteiger partial charge < -0.3 is 9.80 Å². The molecule has 0 atom stereocenters. The maximum atomic E-state index is 9.74. The molecule has 1 aliphatic heterocycles. The fourth-order valence-electron chi connectivity index (χ4n) is 3.80. The van der Waals surface area contributed by atoms with Gasteiger partial charge in [0.1, 0.15) is 11.9 Å². The highest BCUT2D eigenvalue weighted by Gasteiger charge is 2.25. The summed E-state index contributed by atoms with van der Waals surface area (Å²) in [7, 11) is 0. The monoisotopic (exact) mass is 298 g/mol. The summed E-state index contributed by atoms with van der Waals surface area (Å²) < 4.78 is 0. The predicted molar refractivity (Wildman–Crippen MR) is 89.3 cm³/mol. The van der Waals surface area contributed by atoms with Crippen molar-refractivity contribution in [2.24, 2.45) is 0 Å². The smallest absolute Gasteiger partial charge is 0.147 e. The van der Waals surface area contributed by atoms with Crippen molar-refractivity contribution in [1.29, 1.82) is 5.26 Å². The number of likely N-dealkylation sites (N-methyl/N-ethyl adjacent to an activating group) is 1. The Balaban J connectivity index is 1.99. The lowest BCUT2D eigenvalue weighted by Crippen LogP contribution is -2.47. The van der Waals surface area contributed by atoms with Crippen molar-refractivity contribution in [2.45, 2.75) is 46.0 Å². The molecule has 118 valence electrons.